The van der Waals surface area contributed by atoms with E-state index in [4.69, 9.17) is 0 Å². The standard InChI is InChI=1S/C8H11OS2/c1-11(2)6-7(9)8-4-3-5-10-8/h3-5H,6H2,1-2H3/q+1. The van der Waals surface area contributed by atoms with Gasteiger partial charge in [-0.1, -0.05) is 6.07 Å². The lowest BCUT2D eigenvalue weighted by Crippen LogP contribution is -2.12. The Morgan fingerprint density at radius 2 is 2.36 bits per heavy atom. The maximum atomic E-state index is 11.3. The average molecular weight is 187 g/mol. The molecule has 1 rings (SSSR count). The van der Waals surface area contributed by atoms with Crippen molar-refractivity contribution in [2.75, 3.05) is 18.3 Å². The first-order valence-corrected chi connectivity index (χ1v) is 6.40. The molecule has 1 aromatic rings. The molecule has 0 amide bonds. The third kappa shape index (κ3) is 2.67. The zero-order valence-corrected chi connectivity index (χ0v) is 8.30. The van der Waals surface area contributed by atoms with Gasteiger partial charge < -0.3 is 0 Å². The maximum Gasteiger partial charge on any atom is 0.221 e. The van der Waals surface area contributed by atoms with Crippen LogP contribution in [0.3, 0.4) is 0 Å². The van der Waals surface area contributed by atoms with Gasteiger partial charge in [-0.05, 0) is 22.3 Å². The zero-order chi connectivity index (χ0) is 8.27. The van der Waals surface area contributed by atoms with Crippen LogP contribution in [-0.4, -0.2) is 24.0 Å². The first kappa shape index (κ1) is 8.81. The summed E-state index contributed by atoms with van der Waals surface area (Å²) in [6.45, 7) is 0. The van der Waals surface area contributed by atoms with Crippen LogP contribution in [0.1, 0.15) is 9.67 Å². The lowest BCUT2D eigenvalue weighted by Gasteiger charge is -1.93. The highest BCUT2D eigenvalue weighted by atomic mass is 32.2. The number of hydrogen-bond donors (Lipinski definition) is 0. The Bertz CT molecular complexity index is 226. The molecular formula is C8H11OS2+. The number of carbonyl (C=O) groups excluding carboxylic acids is 1. The molecule has 3 heteroatoms. The monoisotopic (exact) mass is 187 g/mol. The molecule has 0 radical (unpaired) electrons. The van der Waals surface area contributed by atoms with E-state index in [-0.39, 0.29) is 16.7 Å². The number of rotatable bonds is 3. The highest BCUT2D eigenvalue weighted by Crippen LogP contribution is 2.09. The van der Waals surface area contributed by atoms with Crippen molar-refractivity contribution in [2.45, 2.75) is 0 Å². The highest BCUT2D eigenvalue weighted by Gasteiger charge is 2.13. The second-order valence-corrected chi connectivity index (χ2v) is 5.74. The van der Waals surface area contributed by atoms with Crippen LogP contribution in [0.2, 0.25) is 0 Å². The topological polar surface area (TPSA) is 17.1 Å². The van der Waals surface area contributed by atoms with Crippen molar-refractivity contribution >= 4 is 28.0 Å². The van der Waals surface area contributed by atoms with Crippen molar-refractivity contribution < 1.29 is 4.79 Å². The fraction of sp³-hybridized carbons (Fsp3) is 0.375. The zero-order valence-electron chi connectivity index (χ0n) is 6.66. The van der Waals surface area contributed by atoms with E-state index in [9.17, 15) is 4.79 Å². The summed E-state index contributed by atoms with van der Waals surface area (Å²) >= 11 is 1.53. The van der Waals surface area contributed by atoms with Crippen LogP contribution in [0, 0.1) is 0 Å². The Morgan fingerprint density at radius 3 is 2.82 bits per heavy atom. The van der Waals surface area contributed by atoms with Gasteiger partial charge in [0.2, 0.25) is 5.78 Å². The predicted molar refractivity (Wildman–Crippen MR) is 52.7 cm³/mol. The molecule has 0 aliphatic carbocycles. The largest absolute Gasteiger partial charge is 0.288 e. The van der Waals surface area contributed by atoms with Crippen molar-refractivity contribution in [1.29, 1.82) is 0 Å². The van der Waals surface area contributed by atoms with Gasteiger partial charge in [0.15, 0.2) is 5.75 Å². The van der Waals surface area contributed by atoms with Crippen LogP contribution >= 0.6 is 11.3 Å². The van der Waals surface area contributed by atoms with E-state index in [0.29, 0.717) is 5.75 Å². The van der Waals surface area contributed by atoms with Gasteiger partial charge in [0, 0.05) is 0 Å². The van der Waals surface area contributed by atoms with Gasteiger partial charge in [-0.3, -0.25) is 4.79 Å². The summed E-state index contributed by atoms with van der Waals surface area (Å²) in [6.07, 6.45) is 4.18. The molecule has 0 unspecified atom stereocenters. The van der Waals surface area contributed by atoms with Crippen LogP contribution in [0.25, 0.3) is 0 Å². The molecule has 0 aliphatic heterocycles. The molecule has 1 heterocycles. The van der Waals surface area contributed by atoms with E-state index in [1.54, 1.807) is 0 Å². The molecule has 1 aromatic heterocycles. The average Bonchev–Trinajstić information content (AvgIpc) is 2.35. The Labute approximate surface area is 73.8 Å². The van der Waals surface area contributed by atoms with Crippen LogP contribution in [-0.2, 0) is 10.9 Å². The molecule has 0 fully saturated rings. The minimum atomic E-state index is 0.227. The molecule has 11 heavy (non-hydrogen) atoms. The minimum Gasteiger partial charge on any atom is -0.288 e. The summed E-state index contributed by atoms with van der Waals surface area (Å²) in [5.41, 5.74) is 0. The highest BCUT2D eigenvalue weighted by molar-refractivity contribution is 7.96. The van der Waals surface area contributed by atoms with Crippen molar-refractivity contribution in [3.8, 4) is 0 Å². The first-order chi connectivity index (χ1) is 5.20. The number of hydrogen-bond acceptors (Lipinski definition) is 2. The van der Waals surface area contributed by atoms with E-state index in [1.165, 1.54) is 11.3 Å². The number of Topliss-reactive ketones (excluding diaryl/α,β-unsaturated/α-hetero) is 1. The van der Waals surface area contributed by atoms with E-state index >= 15 is 0 Å². The Hall–Kier alpha value is -0.280. The van der Waals surface area contributed by atoms with Gasteiger partial charge >= 0.3 is 0 Å². The van der Waals surface area contributed by atoms with Crippen molar-refractivity contribution in [1.82, 2.24) is 0 Å². The molecule has 0 saturated carbocycles. The van der Waals surface area contributed by atoms with Gasteiger partial charge in [0.25, 0.3) is 0 Å². The van der Waals surface area contributed by atoms with Crippen LogP contribution in [0.5, 0.6) is 0 Å². The summed E-state index contributed by atoms with van der Waals surface area (Å²) in [4.78, 5) is 12.2. The van der Waals surface area contributed by atoms with E-state index < -0.39 is 0 Å². The smallest absolute Gasteiger partial charge is 0.221 e. The maximum absolute atomic E-state index is 11.3. The molecule has 0 saturated heterocycles. The fourth-order valence-electron chi connectivity index (χ4n) is 0.771. The number of thiophene rings is 1. The van der Waals surface area contributed by atoms with Crippen LogP contribution in [0.15, 0.2) is 17.5 Å². The van der Waals surface area contributed by atoms with Crippen LogP contribution < -0.4 is 0 Å². The predicted octanol–water partition coefficient (Wildman–Crippen LogP) is 1.81. The Kier molecular flexibility index (Phi) is 3.15. The summed E-state index contributed by atoms with van der Waals surface area (Å²) in [7, 11) is 0.227. The van der Waals surface area contributed by atoms with E-state index in [2.05, 4.69) is 12.5 Å². The number of ketones is 1. The van der Waals surface area contributed by atoms with E-state index in [0.717, 1.165) is 4.88 Å². The lowest BCUT2D eigenvalue weighted by molar-refractivity contribution is 0.102. The van der Waals surface area contributed by atoms with Gasteiger partial charge in [-0.15, -0.1) is 11.3 Å². The van der Waals surface area contributed by atoms with Gasteiger partial charge in [0.05, 0.1) is 17.4 Å². The second kappa shape index (κ2) is 3.93. The van der Waals surface area contributed by atoms with Crippen LogP contribution in [0.4, 0.5) is 0 Å². The van der Waals surface area contributed by atoms with Gasteiger partial charge in [-0.2, -0.15) is 0 Å². The van der Waals surface area contributed by atoms with Gasteiger partial charge in [-0.25, -0.2) is 0 Å². The molecule has 0 atom stereocenters. The fourth-order valence-corrected chi connectivity index (χ4v) is 2.21. The Balaban J connectivity index is 2.57. The van der Waals surface area contributed by atoms with Crippen molar-refractivity contribution in [2.24, 2.45) is 0 Å². The molecule has 1 nitrogen and oxygen atoms in total. The molecule has 60 valence electrons. The second-order valence-electron chi connectivity index (χ2n) is 2.53. The molecule has 0 aromatic carbocycles. The van der Waals surface area contributed by atoms with E-state index in [1.807, 2.05) is 17.5 Å². The first-order valence-electron chi connectivity index (χ1n) is 3.31. The van der Waals surface area contributed by atoms with Crippen molar-refractivity contribution in [3.05, 3.63) is 22.4 Å². The summed E-state index contributed by atoms with van der Waals surface area (Å²) in [6, 6.07) is 3.81. The third-order valence-corrected chi connectivity index (χ3v) is 2.97. The summed E-state index contributed by atoms with van der Waals surface area (Å²) < 4.78 is 0. The molecule has 0 N–H and O–H groups in total. The summed E-state index contributed by atoms with van der Waals surface area (Å²) in [5.74, 6) is 0.980. The van der Waals surface area contributed by atoms with Gasteiger partial charge in [0.1, 0.15) is 0 Å². The van der Waals surface area contributed by atoms with Crippen molar-refractivity contribution in [3.63, 3.8) is 0 Å². The molecule has 0 bridgehead atoms. The molecule has 0 aliphatic rings. The SMILES string of the molecule is C[S+](C)CC(=O)c1cccs1. The molecular weight excluding hydrogens is 176 g/mol. The third-order valence-electron chi connectivity index (χ3n) is 1.22. The normalized spacial score (nSPS) is 10.5. The lowest BCUT2D eigenvalue weighted by atomic mass is 10.4. The number of carbonyl (C=O) groups is 1. The molecule has 0 spiro atoms. The summed E-state index contributed by atoms with van der Waals surface area (Å²) in [5, 5.41) is 1.94. The Morgan fingerprint density at radius 1 is 1.64 bits per heavy atom. The quantitative estimate of drug-likeness (QED) is 0.521. The minimum absolute atomic E-state index is 0.227.